The first-order valence-electron chi connectivity index (χ1n) is 14.6. The lowest BCUT2D eigenvalue weighted by Gasteiger charge is -2.73. The zero-order valence-corrected chi connectivity index (χ0v) is 23.4. The molecule has 1 N–H and O–H groups in total. The highest BCUT2D eigenvalue weighted by Gasteiger charge is 2.71. The highest BCUT2D eigenvalue weighted by Crippen LogP contribution is 2.77. The summed E-state index contributed by atoms with van der Waals surface area (Å²) in [6.45, 7) is 17.6. The lowest BCUT2D eigenvalue weighted by Crippen LogP contribution is -2.68. The molecule has 34 heavy (non-hydrogen) atoms. The van der Waals surface area contributed by atoms with E-state index in [9.17, 15) is 9.90 Å². The topological polar surface area (TPSA) is 46.5 Å². The van der Waals surface area contributed by atoms with Crippen molar-refractivity contribution in [3.63, 3.8) is 0 Å². The van der Waals surface area contributed by atoms with Crippen molar-refractivity contribution in [1.29, 1.82) is 0 Å². The standard InChI is InChI=1S/C31H52O3/c1-19-11-14-27(3)17-18-29(5)21(25(27)20(19)2)9-10-22-28(4)15-13-24(32)31(7,26(33)34-8)23(28)12-16-30(22,29)6/h19-25,32H,9-18H2,1-8H3/t19-,20+,21?,22?,23?,24-,25?,27-,28-,29-,30-,31-/m1/s1. The van der Waals surface area contributed by atoms with Crippen molar-refractivity contribution in [2.45, 2.75) is 119 Å². The second-order valence-corrected chi connectivity index (χ2v) is 15.1. The molecule has 194 valence electrons. The van der Waals surface area contributed by atoms with Crippen LogP contribution < -0.4 is 0 Å². The molecule has 5 fully saturated rings. The first kappa shape index (κ1) is 25.1. The molecule has 0 aliphatic heterocycles. The molecular formula is C31H52O3. The second-order valence-electron chi connectivity index (χ2n) is 15.1. The van der Waals surface area contributed by atoms with Crippen molar-refractivity contribution in [1.82, 2.24) is 0 Å². The van der Waals surface area contributed by atoms with E-state index in [-0.39, 0.29) is 17.3 Å². The molecule has 0 saturated heterocycles. The molecule has 0 aromatic heterocycles. The lowest BCUT2D eigenvalue weighted by atomic mass is 9.31. The Morgan fingerprint density at radius 1 is 0.794 bits per heavy atom. The van der Waals surface area contributed by atoms with Crippen LogP contribution in [0.1, 0.15) is 113 Å². The highest BCUT2D eigenvalue weighted by molar-refractivity contribution is 5.78. The Morgan fingerprint density at radius 2 is 1.50 bits per heavy atom. The molecule has 4 unspecified atom stereocenters. The second kappa shape index (κ2) is 7.72. The molecule has 0 amide bonds. The maximum atomic E-state index is 13.1. The van der Waals surface area contributed by atoms with Gasteiger partial charge in [0, 0.05) is 0 Å². The van der Waals surface area contributed by atoms with Gasteiger partial charge in [-0.1, -0.05) is 41.5 Å². The Labute approximate surface area is 209 Å². The third kappa shape index (κ3) is 2.89. The van der Waals surface area contributed by atoms with E-state index >= 15 is 0 Å². The van der Waals surface area contributed by atoms with Gasteiger partial charge in [0.25, 0.3) is 0 Å². The number of esters is 1. The zero-order valence-electron chi connectivity index (χ0n) is 23.4. The summed E-state index contributed by atoms with van der Waals surface area (Å²) in [5, 5.41) is 11.1. The van der Waals surface area contributed by atoms with Crippen LogP contribution in [0.3, 0.4) is 0 Å². The van der Waals surface area contributed by atoms with E-state index in [1.165, 1.54) is 52.1 Å². The quantitative estimate of drug-likeness (QED) is 0.409. The fourth-order valence-electron chi connectivity index (χ4n) is 11.9. The average Bonchev–Trinajstić information content (AvgIpc) is 2.79. The molecule has 5 saturated carbocycles. The Morgan fingerprint density at radius 3 is 2.18 bits per heavy atom. The van der Waals surface area contributed by atoms with Gasteiger partial charge in [0.1, 0.15) is 0 Å². The van der Waals surface area contributed by atoms with E-state index < -0.39 is 11.5 Å². The van der Waals surface area contributed by atoms with Crippen LogP contribution in [0.15, 0.2) is 0 Å². The van der Waals surface area contributed by atoms with Gasteiger partial charge in [-0.3, -0.25) is 4.79 Å². The van der Waals surface area contributed by atoms with Crippen molar-refractivity contribution < 1.29 is 14.6 Å². The number of ether oxygens (including phenoxy) is 1. The molecule has 3 heteroatoms. The highest BCUT2D eigenvalue weighted by atomic mass is 16.5. The molecule has 12 atom stereocenters. The minimum Gasteiger partial charge on any atom is -0.469 e. The molecule has 0 bridgehead atoms. The molecule has 3 nitrogen and oxygen atoms in total. The number of methoxy groups -OCH3 is 1. The maximum Gasteiger partial charge on any atom is 0.314 e. The van der Waals surface area contributed by atoms with Crippen molar-refractivity contribution in [3.05, 3.63) is 0 Å². The van der Waals surface area contributed by atoms with Crippen molar-refractivity contribution in [2.24, 2.45) is 62.6 Å². The molecular weight excluding hydrogens is 420 g/mol. The van der Waals surface area contributed by atoms with Gasteiger partial charge in [-0.15, -0.1) is 0 Å². The number of fused-ring (bicyclic) bond motifs is 7. The third-order valence-corrected chi connectivity index (χ3v) is 14.3. The van der Waals surface area contributed by atoms with Crippen LogP contribution in [0.2, 0.25) is 0 Å². The molecule has 0 heterocycles. The molecule has 0 aromatic carbocycles. The first-order valence-corrected chi connectivity index (χ1v) is 14.6. The maximum absolute atomic E-state index is 13.1. The summed E-state index contributed by atoms with van der Waals surface area (Å²) in [6.07, 6.45) is 11.7. The number of rotatable bonds is 1. The van der Waals surface area contributed by atoms with Crippen LogP contribution >= 0.6 is 0 Å². The predicted molar refractivity (Wildman–Crippen MR) is 137 cm³/mol. The van der Waals surface area contributed by atoms with Gasteiger partial charge in [-0.2, -0.15) is 0 Å². The Bertz CT molecular complexity index is 839. The van der Waals surface area contributed by atoms with Crippen LogP contribution in [0, 0.1) is 62.6 Å². The van der Waals surface area contributed by atoms with Crippen LogP contribution in [-0.2, 0) is 9.53 Å². The fraction of sp³-hybridized carbons (Fsp3) is 0.968. The molecule has 5 rings (SSSR count). The van der Waals surface area contributed by atoms with E-state index in [1.54, 1.807) is 0 Å². The number of carbonyl (C=O) groups excluding carboxylic acids is 1. The third-order valence-electron chi connectivity index (χ3n) is 14.3. The van der Waals surface area contributed by atoms with E-state index in [1.807, 2.05) is 6.92 Å². The number of aliphatic hydroxyl groups is 1. The number of aliphatic hydroxyl groups excluding tert-OH is 1. The summed E-state index contributed by atoms with van der Waals surface area (Å²) in [7, 11) is 1.50. The van der Waals surface area contributed by atoms with Crippen LogP contribution in [0.4, 0.5) is 0 Å². The van der Waals surface area contributed by atoms with Gasteiger partial charge in [0.05, 0.1) is 18.6 Å². The molecule has 5 aliphatic carbocycles. The summed E-state index contributed by atoms with van der Waals surface area (Å²) < 4.78 is 5.32. The summed E-state index contributed by atoms with van der Waals surface area (Å²) in [4.78, 5) is 13.1. The first-order chi connectivity index (χ1) is 15.8. The van der Waals surface area contributed by atoms with Crippen LogP contribution in [-0.4, -0.2) is 24.3 Å². The van der Waals surface area contributed by atoms with Crippen molar-refractivity contribution >= 4 is 5.97 Å². The molecule has 0 radical (unpaired) electrons. The van der Waals surface area contributed by atoms with Gasteiger partial charge in [-0.25, -0.2) is 0 Å². The molecule has 5 aliphatic rings. The van der Waals surface area contributed by atoms with Crippen molar-refractivity contribution in [2.75, 3.05) is 7.11 Å². The summed E-state index contributed by atoms with van der Waals surface area (Å²) in [5.74, 6) is 3.98. The Hall–Kier alpha value is -0.570. The monoisotopic (exact) mass is 472 g/mol. The van der Waals surface area contributed by atoms with E-state index in [2.05, 4.69) is 41.5 Å². The van der Waals surface area contributed by atoms with E-state index in [0.29, 0.717) is 22.2 Å². The van der Waals surface area contributed by atoms with Gasteiger partial charge in [0.2, 0.25) is 0 Å². The van der Waals surface area contributed by atoms with Crippen molar-refractivity contribution in [3.8, 4) is 0 Å². The normalized spacial score (nSPS) is 59.1. The number of carbonyl (C=O) groups is 1. The van der Waals surface area contributed by atoms with Crippen LogP contribution in [0.25, 0.3) is 0 Å². The summed E-state index contributed by atoms with van der Waals surface area (Å²) in [5.41, 5.74) is 0.521. The largest absolute Gasteiger partial charge is 0.469 e. The predicted octanol–water partition coefficient (Wildman–Crippen LogP) is 7.26. The smallest absolute Gasteiger partial charge is 0.314 e. The van der Waals surface area contributed by atoms with Gasteiger partial charge >= 0.3 is 5.97 Å². The zero-order chi connectivity index (χ0) is 24.9. The summed E-state index contributed by atoms with van der Waals surface area (Å²) >= 11 is 0. The fourth-order valence-corrected chi connectivity index (χ4v) is 11.9. The minimum absolute atomic E-state index is 0.0926. The Balaban J connectivity index is 1.54. The number of hydrogen-bond acceptors (Lipinski definition) is 3. The lowest BCUT2D eigenvalue weighted by molar-refractivity contribution is -0.258. The molecule has 0 spiro atoms. The van der Waals surface area contributed by atoms with Gasteiger partial charge in [-0.05, 0) is 128 Å². The minimum atomic E-state index is -0.778. The van der Waals surface area contributed by atoms with Crippen LogP contribution in [0.5, 0.6) is 0 Å². The van der Waals surface area contributed by atoms with Gasteiger partial charge < -0.3 is 9.84 Å². The summed E-state index contributed by atoms with van der Waals surface area (Å²) in [6, 6.07) is 0. The number of hydrogen-bond donors (Lipinski definition) is 1. The average molecular weight is 473 g/mol. The van der Waals surface area contributed by atoms with Gasteiger partial charge in [0.15, 0.2) is 0 Å². The SMILES string of the molecule is COC(=O)[C@]1(C)C2CC[C@]3(C)C(CCC4C5[C@@H](C)[C@H](C)CC[C@]5(C)CC[C@]43C)[C@@]2(C)CC[C@H]1O. The van der Waals surface area contributed by atoms with E-state index in [0.717, 1.165) is 42.9 Å². The Kier molecular flexibility index (Phi) is 5.70. The van der Waals surface area contributed by atoms with E-state index in [4.69, 9.17) is 4.74 Å². The molecule has 0 aromatic rings.